The molecular formula is C20H10Cl2N2O2S. The number of nitrogens with zero attached hydrogens (tertiary/aromatic N) is 2. The third kappa shape index (κ3) is 2.75. The molecule has 27 heavy (non-hydrogen) atoms. The van der Waals surface area contributed by atoms with E-state index in [0.717, 1.165) is 16.6 Å². The Bertz CT molecular complexity index is 1380. The van der Waals surface area contributed by atoms with Crippen LogP contribution < -0.4 is 5.56 Å². The predicted molar refractivity (Wildman–Crippen MR) is 110 cm³/mol. The Morgan fingerprint density at radius 1 is 0.926 bits per heavy atom. The number of hydrogen-bond acceptors (Lipinski definition) is 4. The molecule has 2 aromatic carbocycles. The lowest BCUT2D eigenvalue weighted by Gasteiger charge is -2.01. The molecule has 0 spiro atoms. The highest BCUT2D eigenvalue weighted by Crippen LogP contribution is 2.34. The fourth-order valence-electron chi connectivity index (χ4n) is 2.99. The zero-order chi connectivity index (χ0) is 18.5. The number of para-hydroxylation sites is 2. The Kier molecular flexibility index (Phi) is 3.82. The average molecular weight is 413 g/mol. The second-order valence-corrected chi connectivity index (χ2v) is 7.78. The van der Waals surface area contributed by atoms with Crippen molar-refractivity contribution in [1.29, 1.82) is 0 Å². The normalized spacial score (nSPS) is 11.5. The molecule has 3 aromatic heterocycles. The highest BCUT2D eigenvalue weighted by molar-refractivity contribution is 7.20. The summed E-state index contributed by atoms with van der Waals surface area (Å²) < 4.78 is 7.58. The van der Waals surface area contributed by atoms with Gasteiger partial charge in [-0.25, -0.2) is 4.98 Å². The molecule has 4 nitrogen and oxygen atoms in total. The van der Waals surface area contributed by atoms with Gasteiger partial charge in [0.25, 0.3) is 5.56 Å². The first kappa shape index (κ1) is 16.6. The van der Waals surface area contributed by atoms with Gasteiger partial charge in [0.15, 0.2) is 4.96 Å². The van der Waals surface area contributed by atoms with Crippen LogP contribution in [-0.4, -0.2) is 9.38 Å². The van der Waals surface area contributed by atoms with Gasteiger partial charge >= 0.3 is 0 Å². The molecule has 132 valence electrons. The van der Waals surface area contributed by atoms with Crippen LogP contribution in [0.5, 0.6) is 0 Å². The molecule has 0 aliphatic carbocycles. The van der Waals surface area contributed by atoms with E-state index in [0.29, 0.717) is 31.4 Å². The molecule has 7 heteroatoms. The van der Waals surface area contributed by atoms with Crippen LogP contribution in [0, 0.1) is 0 Å². The van der Waals surface area contributed by atoms with Crippen molar-refractivity contribution >= 4 is 50.5 Å². The van der Waals surface area contributed by atoms with E-state index in [2.05, 4.69) is 4.98 Å². The molecule has 0 N–H and O–H groups in total. The SMILES string of the molecule is O=c1cc(-c2ccc(-c3ccc(Cl)c(Cl)c3)o2)sc2nc3ccccc3n12. The number of fused-ring (bicyclic) bond motifs is 3. The van der Waals surface area contributed by atoms with Gasteiger partial charge in [-0.05, 0) is 42.5 Å². The Balaban J connectivity index is 1.64. The summed E-state index contributed by atoms with van der Waals surface area (Å²) in [7, 11) is 0. The van der Waals surface area contributed by atoms with Crippen molar-refractivity contribution < 1.29 is 4.42 Å². The van der Waals surface area contributed by atoms with Crippen molar-refractivity contribution in [3.05, 3.63) is 81.1 Å². The van der Waals surface area contributed by atoms with Crippen LogP contribution in [0.25, 0.3) is 38.0 Å². The van der Waals surface area contributed by atoms with Crippen LogP contribution >= 0.6 is 34.5 Å². The maximum atomic E-state index is 12.7. The molecule has 3 heterocycles. The van der Waals surface area contributed by atoms with E-state index in [-0.39, 0.29) is 5.56 Å². The first-order valence-corrected chi connectivity index (χ1v) is 9.64. The van der Waals surface area contributed by atoms with Gasteiger partial charge in [-0.3, -0.25) is 9.20 Å². The maximum Gasteiger partial charge on any atom is 0.258 e. The quantitative estimate of drug-likeness (QED) is 0.349. The van der Waals surface area contributed by atoms with Crippen LogP contribution in [0.1, 0.15) is 0 Å². The van der Waals surface area contributed by atoms with Gasteiger partial charge in [0.05, 0.1) is 26.0 Å². The Hall–Kier alpha value is -2.60. The van der Waals surface area contributed by atoms with Crippen molar-refractivity contribution in [2.75, 3.05) is 0 Å². The second kappa shape index (κ2) is 6.23. The van der Waals surface area contributed by atoms with Crippen LogP contribution in [0.4, 0.5) is 0 Å². The highest BCUT2D eigenvalue weighted by Gasteiger charge is 2.14. The molecule has 0 unspecified atom stereocenters. The smallest absolute Gasteiger partial charge is 0.258 e. The van der Waals surface area contributed by atoms with Gasteiger partial charge in [-0.15, -0.1) is 0 Å². The number of furan rings is 1. The largest absolute Gasteiger partial charge is 0.455 e. The van der Waals surface area contributed by atoms with Crippen molar-refractivity contribution in [2.45, 2.75) is 0 Å². The third-order valence-electron chi connectivity index (χ3n) is 4.26. The predicted octanol–water partition coefficient (Wildman–Crippen LogP) is 6.14. The summed E-state index contributed by atoms with van der Waals surface area (Å²) in [6.07, 6.45) is 0. The van der Waals surface area contributed by atoms with Gasteiger partial charge < -0.3 is 4.42 Å². The standard InChI is InChI=1S/C20H10Cl2N2O2S/c21-12-6-5-11(9-13(12)22)16-7-8-17(26-16)18-10-19(25)24-15-4-2-1-3-14(15)23-20(24)27-18/h1-10H. The number of benzene rings is 2. The van der Waals surface area contributed by atoms with Crippen molar-refractivity contribution in [1.82, 2.24) is 9.38 Å². The molecule has 0 aliphatic rings. The molecule has 0 amide bonds. The molecule has 0 bridgehead atoms. The van der Waals surface area contributed by atoms with Crippen molar-refractivity contribution in [2.24, 2.45) is 0 Å². The monoisotopic (exact) mass is 412 g/mol. The fourth-order valence-corrected chi connectivity index (χ4v) is 4.27. The van der Waals surface area contributed by atoms with E-state index in [1.807, 2.05) is 42.5 Å². The number of halogens is 2. The molecular weight excluding hydrogens is 403 g/mol. The van der Waals surface area contributed by atoms with Crippen molar-refractivity contribution in [3.63, 3.8) is 0 Å². The Morgan fingerprint density at radius 3 is 2.59 bits per heavy atom. The number of aromatic nitrogens is 2. The molecule has 0 aliphatic heterocycles. The highest BCUT2D eigenvalue weighted by atomic mass is 35.5. The summed E-state index contributed by atoms with van der Waals surface area (Å²) >= 11 is 13.5. The molecule has 5 aromatic rings. The van der Waals surface area contributed by atoms with Crippen LogP contribution in [-0.2, 0) is 0 Å². The van der Waals surface area contributed by atoms with Crippen LogP contribution in [0.2, 0.25) is 10.0 Å². The lowest BCUT2D eigenvalue weighted by Crippen LogP contribution is -2.09. The number of rotatable bonds is 2. The zero-order valence-electron chi connectivity index (χ0n) is 13.6. The zero-order valence-corrected chi connectivity index (χ0v) is 16.0. The fraction of sp³-hybridized carbons (Fsp3) is 0. The topological polar surface area (TPSA) is 47.5 Å². The second-order valence-electron chi connectivity index (χ2n) is 5.96. The molecule has 0 saturated carbocycles. The molecule has 0 fully saturated rings. The minimum Gasteiger partial charge on any atom is -0.455 e. The van der Waals surface area contributed by atoms with E-state index < -0.39 is 0 Å². The van der Waals surface area contributed by atoms with Gasteiger partial charge in [0, 0.05) is 11.6 Å². The van der Waals surface area contributed by atoms with Crippen LogP contribution in [0.15, 0.2) is 69.9 Å². The van der Waals surface area contributed by atoms with E-state index >= 15 is 0 Å². The maximum absolute atomic E-state index is 12.7. The number of hydrogen-bond donors (Lipinski definition) is 0. The average Bonchev–Trinajstić information content (AvgIpc) is 3.28. The minimum absolute atomic E-state index is 0.139. The third-order valence-corrected chi connectivity index (χ3v) is 5.99. The van der Waals surface area contributed by atoms with E-state index in [4.69, 9.17) is 27.6 Å². The lowest BCUT2D eigenvalue weighted by atomic mass is 10.2. The first-order valence-electron chi connectivity index (χ1n) is 8.07. The van der Waals surface area contributed by atoms with Gasteiger partial charge in [-0.2, -0.15) is 0 Å². The molecule has 0 radical (unpaired) electrons. The van der Waals surface area contributed by atoms with Gasteiger partial charge in [0.2, 0.25) is 0 Å². The van der Waals surface area contributed by atoms with Gasteiger partial charge in [-0.1, -0.05) is 46.7 Å². The summed E-state index contributed by atoms with van der Waals surface area (Å²) in [4.78, 5) is 18.6. The molecule has 0 atom stereocenters. The summed E-state index contributed by atoms with van der Waals surface area (Å²) in [5.74, 6) is 1.25. The van der Waals surface area contributed by atoms with E-state index in [9.17, 15) is 4.79 Å². The number of imidazole rings is 1. The first-order chi connectivity index (χ1) is 13.1. The van der Waals surface area contributed by atoms with E-state index in [1.54, 1.807) is 22.6 Å². The summed E-state index contributed by atoms with van der Waals surface area (Å²) in [6, 6.07) is 18.1. The van der Waals surface area contributed by atoms with E-state index in [1.165, 1.54) is 11.3 Å². The Labute approximate surface area is 167 Å². The molecule has 0 saturated heterocycles. The summed E-state index contributed by atoms with van der Waals surface area (Å²) in [5, 5.41) is 0.949. The van der Waals surface area contributed by atoms with Crippen molar-refractivity contribution in [3.8, 4) is 22.0 Å². The van der Waals surface area contributed by atoms with Crippen LogP contribution in [0.3, 0.4) is 0 Å². The minimum atomic E-state index is -0.139. The summed E-state index contributed by atoms with van der Waals surface area (Å²) in [5.41, 5.74) is 2.27. The summed E-state index contributed by atoms with van der Waals surface area (Å²) in [6.45, 7) is 0. The Morgan fingerprint density at radius 2 is 1.74 bits per heavy atom. The molecule has 5 rings (SSSR count). The van der Waals surface area contributed by atoms with Gasteiger partial charge in [0.1, 0.15) is 11.5 Å². The lowest BCUT2D eigenvalue weighted by molar-refractivity contribution is 0.599.